The Morgan fingerprint density at radius 1 is 1.00 bits per heavy atom. The average molecular weight is 304 g/mol. The largest absolute Gasteiger partial charge is 0.388 e. The van der Waals surface area contributed by atoms with E-state index >= 15 is 0 Å². The maximum Gasteiger partial charge on any atom is 0.183 e. The molecule has 1 fully saturated rings. The molecule has 0 spiro atoms. The number of ether oxygens (including phenoxy) is 1. The molecule has 78 valence electrons. The standard InChI is InChI=1S/C7H13IO5/c8-2-1-3-4(9)5(10)6(11)7(12)13-3/h3-7,9-12H,1-2H2/t3-,4+,5+,6?,7?/m0/s1. The van der Waals surface area contributed by atoms with Crippen molar-refractivity contribution in [2.45, 2.75) is 37.1 Å². The topological polar surface area (TPSA) is 90.2 Å². The van der Waals surface area contributed by atoms with Crippen molar-refractivity contribution >= 4 is 22.6 Å². The summed E-state index contributed by atoms with van der Waals surface area (Å²) in [5.41, 5.74) is 0. The highest BCUT2D eigenvalue weighted by Gasteiger charge is 2.42. The third-order valence-electron chi connectivity index (χ3n) is 2.08. The third kappa shape index (κ3) is 2.51. The lowest BCUT2D eigenvalue weighted by molar-refractivity contribution is -0.281. The lowest BCUT2D eigenvalue weighted by Gasteiger charge is -2.38. The van der Waals surface area contributed by atoms with Crippen molar-refractivity contribution in [2.75, 3.05) is 4.43 Å². The summed E-state index contributed by atoms with van der Waals surface area (Å²) in [5.74, 6) is 0. The second kappa shape index (κ2) is 4.85. The number of alkyl halides is 1. The Bertz CT molecular complexity index is 167. The van der Waals surface area contributed by atoms with Crippen LogP contribution >= 0.6 is 22.6 Å². The molecule has 1 rings (SSSR count). The van der Waals surface area contributed by atoms with Gasteiger partial charge in [0.2, 0.25) is 0 Å². The van der Waals surface area contributed by atoms with E-state index in [9.17, 15) is 10.2 Å². The minimum absolute atomic E-state index is 0.530. The van der Waals surface area contributed by atoms with Crippen LogP contribution in [0.25, 0.3) is 0 Å². The van der Waals surface area contributed by atoms with Crippen LogP contribution in [0, 0.1) is 0 Å². The monoisotopic (exact) mass is 304 g/mol. The maximum absolute atomic E-state index is 9.41. The molecule has 0 amide bonds. The van der Waals surface area contributed by atoms with Crippen molar-refractivity contribution in [3.8, 4) is 0 Å². The molecule has 1 aliphatic rings. The van der Waals surface area contributed by atoms with Crippen LogP contribution in [0.4, 0.5) is 0 Å². The number of aliphatic hydroxyl groups is 4. The number of rotatable bonds is 2. The van der Waals surface area contributed by atoms with Gasteiger partial charge in [0.1, 0.15) is 18.3 Å². The van der Waals surface area contributed by atoms with Crippen LogP contribution in [0.5, 0.6) is 0 Å². The average Bonchev–Trinajstić information content (AvgIpc) is 2.11. The van der Waals surface area contributed by atoms with E-state index in [0.717, 1.165) is 4.43 Å². The van der Waals surface area contributed by atoms with Gasteiger partial charge in [0, 0.05) is 4.43 Å². The molecular formula is C7H13IO5. The van der Waals surface area contributed by atoms with Gasteiger partial charge in [-0.3, -0.25) is 0 Å². The zero-order valence-corrected chi connectivity index (χ0v) is 9.03. The molecule has 1 aliphatic heterocycles. The number of halogens is 1. The van der Waals surface area contributed by atoms with E-state index in [1.165, 1.54) is 0 Å². The van der Waals surface area contributed by atoms with Gasteiger partial charge in [-0.25, -0.2) is 0 Å². The van der Waals surface area contributed by atoms with Crippen molar-refractivity contribution in [2.24, 2.45) is 0 Å². The molecule has 13 heavy (non-hydrogen) atoms. The molecule has 0 aromatic rings. The van der Waals surface area contributed by atoms with Gasteiger partial charge in [-0.15, -0.1) is 0 Å². The molecule has 1 heterocycles. The van der Waals surface area contributed by atoms with Crippen LogP contribution < -0.4 is 0 Å². The summed E-state index contributed by atoms with van der Waals surface area (Å²) in [4.78, 5) is 0. The smallest absolute Gasteiger partial charge is 0.183 e. The van der Waals surface area contributed by atoms with E-state index in [4.69, 9.17) is 14.9 Å². The maximum atomic E-state index is 9.41. The zero-order chi connectivity index (χ0) is 10.0. The number of aliphatic hydroxyl groups excluding tert-OH is 4. The highest BCUT2D eigenvalue weighted by atomic mass is 127. The van der Waals surface area contributed by atoms with Gasteiger partial charge in [-0.05, 0) is 6.42 Å². The molecule has 0 aromatic carbocycles. The minimum atomic E-state index is -1.43. The van der Waals surface area contributed by atoms with Gasteiger partial charge in [0.25, 0.3) is 0 Å². The van der Waals surface area contributed by atoms with Crippen molar-refractivity contribution in [3.05, 3.63) is 0 Å². The molecule has 0 radical (unpaired) electrons. The summed E-state index contributed by atoms with van der Waals surface area (Å²) in [7, 11) is 0. The molecule has 5 atom stereocenters. The highest BCUT2D eigenvalue weighted by Crippen LogP contribution is 2.22. The van der Waals surface area contributed by atoms with Crippen LogP contribution in [-0.2, 0) is 4.74 Å². The number of hydrogen-bond acceptors (Lipinski definition) is 5. The molecule has 0 aromatic heterocycles. The molecular weight excluding hydrogens is 291 g/mol. The highest BCUT2D eigenvalue weighted by molar-refractivity contribution is 14.1. The van der Waals surface area contributed by atoms with Gasteiger partial charge < -0.3 is 25.2 Å². The summed E-state index contributed by atoms with van der Waals surface area (Å²) in [5, 5.41) is 36.9. The molecule has 4 N–H and O–H groups in total. The molecule has 0 bridgehead atoms. The van der Waals surface area contributed by atoms with Crippen LogP contribution in [0.15, 0.2) is 0 Å². The van der Waals surface area contributed by atoms with Crippen LogP contribution in [0.3, 0.4) is 0 Å². The Kier molecular flexibility index (Phi) is 4.33. The van der Waals surface area contributed by atoms with Crippen molar-refractivity contribution in [1.29, 1.82) is 0 Å². The van der Waals surface area contributed by atoms with Gasteiger partial charge >= 0.3 is 0 Å². The van der Waals surface area contributed by atoms with Gasteiger partial charge in [0.15, 0.2) is 6.29 Å². The van der Waals surface area contributed by atoms with Gasteiger partial charge in [0.05, 0.1) is 6.10 Å². The van der Waals surface area contributed by atoms with Crippen LogP contribution in [-0.4, -0.2) is 55.6 Å². The fourth-order valence-corrected chi connectivity index (χ4v) is 1.89. The Morgan fingerprint density at radius 2 is 1.62 bits per heavy atom. The molecule has 5 nitrogen and oxygen atoms in total. The summed E-state index contributed by atoms with van der Waals surface area (Å²) < 4.78 is 5.66. The Balaban J connectivity index is 2.59. The van der Waals surface area contributed by atoms with Crippen LogP contribution in [0.1, 0.15) is 6.42 Å². The first-order chi connectivity index (χ1) is 6.07. The van der Waals surface area contributed by atoms with Gasteiger partial charge in [-0.2, -0.15) is 0 Å². The second-order valence-electron chi connectivity index (χ2n) is 3.01. The predicted molar refractivity (Wildman–Crippen MR) is 52.4 cm³/mol. The molecule has 6 heteroatoms. The molecule has 0 aliphatic carbocycles. The van der Waals surface area contributed by atoms with E-state index in [1.807, 2.05) is 0 Å². The second-order valence-corrected chi connectivity index (χ2v) is 4.09. The minimum Gasteiger partial charge on any atom is -0.388 e. The summed E-state index contributed by atoms with van der Waals surface area (Å²) in [6.45, 7) is 0. The molecule has 1 saturated heterocycles. The lowest BCUT2D eigenvalue weighted by Crippen LogP contribution is -2.57. The van der Waals surface area contributed by atoms with Gasteiger partial charge in [-0.1, -0.05) is 22.6 Å². The van der Waals surface area contributed by atoms with Crippen molar-refractivity contribution < 1.29 is 25.2 Å². The first kappa shape index (κ1) is 11.6. The van der Waals surface area contributed by atoms with E-state index in [0.29, 0.717) is 6.42 Å². The predicted octanol–water partition coefficient (Wildman–Crippen LogP) is -1.39. The summed E-state index contributed by atoms with van der Waals surface area (Å²) in [6, 6.07) is 0. The van der Waals surface area contributed by atoms with E-state index in [2.05, 4.69) is 22.6 Å². The van der Waals surface area contributed by atoms with Crippen LogP contribution in [0.2, 0.25) is 0 Å². The Labute approximate surface area is 89.5 Å². The van der Waals surface area contributed by atoms with Crippen molar-refractivity contribution in [3.63, 3.8) is 0 Å². The first-order valence-corrected chi connectivity index (χ1v) is 5.54. The van der Waals surface area contributed by atoms with E-state index < -0.39 is 30.7 Å². The van der Waals surface area contributed by atoms with Crippen molar-refractivity contribution in [1.82, 2.24) is 0 Å². The fourth-order valence-electron chi connectivity index (χ4n) is 1.28. The lowest BCUT2D eigenvalue weighted by atomic mass is 9.97. The SMILES string of the molecule is OC1O[C@@H](CCI)[C@@H](O)[C@@H](O)C1O. The van der Waals surface area contributed by atoms with E-state index in [-0.39, 0.29) is 0 Å². The first-order valence-electron chi connectivity index (χ1n) is 4.01. The normalized spacial score (nSPS) is 46.4. The quantitative estimate of drug-likeness (QED) is 0.373. The Hall–Kier alpha value is 0.530. The Morgan fingerprint density at radius 3 is 2.15 bits per heavy atom. The summed E-state index contributed by atoms with van der Waals surface area (Å²) >= 11 is 2.10. The number of hydrogen-bond donors (Lipinski definition) is 4. The summed E-state index contributed by atoms with van der Waals surface area (Å²) in [6.07, 6.45) is -5.38. The van der Waals surface area contributed by atoms with E-state index in [1.54, 1.807) is 0 Å². The molecule has 2 unspecified atom stereocenters. The molecule has 0 saturated carbocycles. The fraction of sp³-hybridized carbons (Fsp3) is 1.00. The zero-order valence-electron chi connectivity index (χ0n) is 6.88. The third-order valence-corrected chi connectivity index (χ3v) is 2.70.